The molecule has 0 saturated carbocycles. The largest absolute Gasteiger partial charge is 0.357 e. The second-order valence-electron chi connectivity index (χ2n) is 7.39. The average molecular weight is 384 g/mol. The zero-order chi connectivity index (χ0) is 19.9. The number of aryl methyl sites for hydroxylation is 2. The molecule has 28 heavy (non-hydrogen) atoms. The van der Waals surface area contributed by atoms with E-state index in [-0.39, 0.29) is 0 Å². The Hall–Kier alpha value is -2.57. The molecular formula is C21H33N7. The van der Waals surface area contributed by atoms with Gasteiger partial charge >= 0.3 is 0 Å². The van der Waals surface area contributed by atoms with Gasteiger partial charge in [0.15, 0.2) is 5.96 Å². The van der Waals surface area contributed by atoms with Gasteiger partial charge in [0.1, 0.15) is 5.82 Å². The highest BCUT2D eigenvalue weighted by atomic mass is 15.3. The summed E-state index contributed by atoms with van der Waals surface area (Å²) in [7, 11) is 1.98. The highest BCUT2D eigenvalue weighted by molar-refractivity contribution is 5.79. The Balaban J connectivity index is 1.65. The van der Waals surface area contributed by atoms with Crippen molar-refractivity contribution < 1.29 is 0 Å². The first-order valence-corrected chi connectivity index (χ1v) is 10.3. The molecule has 2 aromatic heterocycles. The maximum atomic E-state index is 4.77. The van der Waals surface area contributed by atoms with Crippen molar-refractivity contribution in [3.05, 3.63) is 40.8 Å². The van der Waals surface area contributed by atoms with Crippen LogP contribution in [-0.2, 0) is 20.1 Å². The molecule has 1 aliphatic heterocycles. The molecule has 1 saturated heterocycles. The molecule has 152 valence electrons. The SMILES string of the molecule is CCNC(=NCc1ccnc(N2CCCCC2)c1)NCc1c(C)nn(C)c1C. The lowest BCUT2D eigenvalue weighted by Crippen LogP contribution is -2.37. The lowest BCUT2D eigenvalue weighted by molar-refractivity contribution is 0.573. The summed E-state index contributed by atoms with van der Waals surface area (Å²) in [6, 6.07) is 4.23. The molecule has 0 spiro atoms. The first-order chi connectivity index (χ1) is 13.6. The Morgan fingerprint density at radius 2 is 1.96 bits per heavy atom. The van der Waals surface area contributed by atoms with Crippen LogP contribution in [0.15, 0.2) is 23.3 Å². The summed E-state index contributed by atoms with van der Waals surface area (Å²) in [5.74, 6) is 1.90. The van der Waals surface area contributed by atoms with Gasteiger partial charge in [-0.25, -0.2) is 9.98 Å². The first kappa shape index (κ1) is 20.2. The number of rotatable bonds is 6. The fourth-order valence-electron chi connectivity index (χ4n) is 3.61. The van der Waals surface area contributed by atoms with Crippen LogP contribution in [0.1, 0.15) is 48.7 Å². The van der Waals surface area contributed by atoms with Crippen LogP contribution in [0.5, 0.6) is 0 Å². The molecule has 0 atom stereocenters. The molecular weight excluding hydrogens is 350 g/mol. The third-order valence-electron chi connectivity index (χ3n) is 5.35. The number of nitrogens with zero attached hydrogens (tertiary/aromatic N) is 5. The van der Waals surface area contributed by atoms with E-state index in [1.54, 1.807) is 0 Å². The van der Waals surface area contributed by atoms with Gasteiger partial charge in [-0.15, -0.1) is 0 Å². The van der Waals surface area contributed by atoms with Crippen molar-refractivity contribution in [1.82, 2.24) is 25.4 Å². The van der Waals surface area contributed by atoms with Crippen LogP contribution in [0, 0.1) is 13.8 Å². The Labute approximate surface area is 168 Å². The van der Waals surface area contributed by atoms with Crippen molar-refractivity contribution in [2.75, 3.05) is 24.5 Å². The summed E-state index contributed by atoms with van der Waals surface area (Å²) < 4.78 is 1.93. The van der Waals surface area contributed by atoms with Crippen molar-refractivity contribution in [2.24, 2.45) is 12.0 Å². The molecule has 7 heteroatoms. The van der Waals surface area contributed by atoms with E-state index in [2.05, 4.69) is 51.6 Å². The van der Waals surface area contributed by atoms with E-state index in [4.69, 9.17) is 4.99 Å². The molecule has 0 bridgehead atoms. The van der Waals surface area contributed by atoms with E-state index in [0.717, 1.165) is 37.1 Å². The maximum absolute atomic E-state index is 4.77. The summed E-state index contributed by atoms with van der Waals surface area (Å²) in [4.78, 5) is 11.7. The molecule has 0 amide bonds. The minimum atomic E-state index is 0.629. The smallest absolute Gasteiger partial charge is 0.191 e. The number of pyridine rings is 1. The molecule has 0 aliphatic carbocycles. The van der Waals surface area contributed by atoms with Gasteiger partial charge in [-0.3, -0.25) is 4.68 Å². The van der Waals surface area contributed by atoms with Crippen molar-refractivity contribution in [1.29, 1.82) is 0 Å². The Morgan fingerprint density at radius 1 is 1.18 bits per heavy atom. The zero-order valence-corrected chi connectivity index (χ0v) is 17.6. The predicted molar refractivity (Wildman–Crippen MR) is 115 cm³/mol. The van der Waals surface area contributed by atoms with Gasteiger partial charge in [-0.05, 0) is 57.7 Å². The molecule has 7 nitrogen and oxygen atoms in total. The second-order valence-corrected chi connectivity index (χ2v) is 7.39. The van der Waals surface area contributed by atoms with Crippen LogP contribution >= 0.6 is 0 Å². The van der Waals surface area contributed by atoms with Crippen molar-refractivity contribution >= 4 is 11.8 Å². The maximum Gasteiger partial charge on any atom is 0.191 e. The van der Waals surface area contributed by atoms with E-state index in [1.807, 2.05) is 24.9 Å². The second kappa shape index (κ2) is 9.57. The number of piperidine rings is 1. The Bertz CT molecular complexity index is 803. The predicted octanol–water partition coefficient (Wildman–Crippen LogP) is 2.68. The van der Waals surface area contributed by atoms with Gasteiger partial charge in [0.05, 0.1) is 12.2 Å². The summed E-state index contributed by atoms with van der Waals surface area (Å²) in [5.41, 5.74) is 4.65. The third-order valence-corrected chi connectivity index (χ3v) is 5.35. The first-order valence-electron chi connectivity index (χ1n) is 10.3. The standard InChI is InChI=1S/C21H33N7/c1-5-22-21(25-15-19-16(2)26-27(4)17(19)3)24-14-18-9-10-23-20(13-18)28-11-7-6-8-12-28/h9-10,13H,5-8,11-12,14-15H2,1-4H3,(H2,22,24,25). The van der Waals surface area contributed by atoms with Gasteiger partial charge in [0.2, 0.25) is 0 Å². The van der Waals surface area contributed by atoms with Crippen LogP contribution in [-0.4, -0.2) is 40.4 Å². The van der Waals surface area contributed by atoms with Crippen molar-refractivity contribution in [3.8, 4) is 0 Å². The summed E-state index contributed by atoms with van der Waals surface area (Å²) in [5, 5.41) is 11.3. The van der Waals surface area contributed by atoms with Crippen molar-refractivity contribution in [3.63, 3.8) is 0 Å². The number of anilines is 1. The molecule has 2 aromatic rings. The van der Waals surface area contributed by atoms with Crippen molar-refractivity contribution in [2.45, 2.75) is 53.1 Å². The molecule has 0 aromatic carbocycles. The summed E-state index contributed by atoms with van der Waals surface area (Å²) in [6.45, 7) is 10.6. The van der Waals surface area contributed by atoms with Crippen LogP contribution < -0.4 is 15.5 Å². The molecule has 3 heterocycles. The lowest BCUT2D eigenvalue weighted by atomic mass is 10.1. The number of aliphatic imine (C=N–C) groups is 1. The highest BCUT2D eigenvalue weighted by Gasteiger charge is 2.12. The monoisotopic (exact) mass is 383 g/mol. The van der Waals surface area contributed by atoms with Crippen LogP contribution in [0.2, 0.25) is 0 Å². The normalized spacial score (nSPS) is 15.0. The topological polar surface area (TPSA) is 70.4 Å². The third kappa shape index (κ3) is 5.03. The van der Waals surface area contributed by atoms with E-state index < -0.39 is 0 Å². The number of hydrogen-bond donors (Lipinski definition) is 2. The molecule has 1 fully saturated rings. The fraction of sp³-hybridized carbons (Fsp3) is 0.571. The minimum absolute atomic E-state index is 0.629. The quantitative estimate of drug-likeness (QED) is 0.593. The average Bonchev–Trinajstić information content (AvgIpc) is 2.96. The molecule has 0 unspecified atom stereocenters. The van der Waals surface area contributed by atoms with Crippen LogP contribution in [0.25, 0.3) is 0 Å². The van der Waals surface area contributed by atoms with Crippen LogP contribution in [0.3, 0.4) is 0 Å². The van der Waals surface area contributed by atoms with Gasteiger partial charge in [-0.1, -0.05) is 0 Å². The van der Waals surface area contributed by atoms with E-state index >= 15 is 0 Å². The zero-order valence-electron chi connectivity index (χ0n) is 17.6. The van der Waals surface area contributed by atoms with Gasteiger partial charge < -0.3 is 15.5 Å². The molecule has 1 aliphatic rings. The van der Waals surface area contributed by atoms with Gasteiger partial charge in [0.25, 0.3) is 0 Å². The lowest BCUT2D eigenvalue weighted by Gasteiger charge is -2.27. The Morgan fingerprint density at radius 3 is 2.64 bits per heavy atom. The summed E-state index contributed by atoms with van der Waals surface area (Å²) in [6.07, 6.45) is 5.74. The summed E-state index contributed by atoms with van der Waals surface area (Å²) >= 11 is 0. The van der Waals surface area contributed by atoms with Gasteiger partial charge in [-0.2, -0.15) is 5.10 Å². The number of nitrogens with one attached hydrogen (secondary N) is 2. The molecule has 0 radical (unpaired) electrons. The van der Waals surface area contributed by atoms with E-state index in [1.165, 1.54) is 36.1 Å². The molecule has 2 N–H and O–H groups in total. The minimum Gasteiger partial charge on any atom is -0.357 e. The number of aromatic nitrogens is 3. The van der Waals surface area contributed by atoms with Crippen LogP contribution in [0.4, 0.5) is 5.82 Å². The Kier molecular flexibility index (Phi) is 6.90. The van der Waals surface area contributed by atoms with Gasteiger partial charge in [0, 0.05) is 50.7 Å². The van der Waals surface area contributed by atoms with E-state index in [0.29, 0.717) is 13.1 Å². The number of guanidine groups is 1. The number of hydrogen-bond acceptors (Lipinski definition) is 4. The molecule has 3 rings (SSSR count). The van der Waals surface area contributed by atoms with E-state index in [9.17, 15) is 0 Å². The highest BCUT2D eigenvalue weighted by Crippen LogP contribution is 2.18. The fourth-order valence-corrected chi connectivity index (χ4v) is 3.61.